The van der Waals surface area contributed by atoms with Crippen LogP contribution in [-0.4, -0.2) is 14.2 Å². The molecular formula is C16H17ClFNO2. The van der Waals surface area contributed by atoms with Gasteiger partial charge in [-0.25, -0.2) is 4.39 Å². The van der Waals surface area contributed by atoms with Crippen molar-refractivity contribution in [3.63, 3.8) is 0 Å². The van der Waals surface area contributed by atoms with Gasteiger partial charge in [0.05, 0.1) is 19.2 Å². The molecule has 5 heteroatoms. The molecule has 2 aromatic rings. The Hall–Kier alpha value is -1.78. The van der Waals surface area contributed by atoms with E-state index in [1.165, 1.54) is 6.07 Å². The summed E-state index contributed by atoms with van der Waals surface area (Å²) < 4.78 is 23.6. The van der Waals surface area contributed by atoms with Gasteiger partial charge in [0.2, 0.25) is 0 Å². The summed E-state index contributed by atoms with van der Waals surface area (Å²) in [6, 6.07) is 9.92. The Morgan fingerprint density at radius 2 is 1.81 bits per heavy atom. The largest absolute Gasteiger partial charge is 0.493 e. The van der Waals surface area contributed by atoms with E-state index in [2.05, 4.69) is 0 Å². The van der Waals surface area contributed by atoms with Crippen LogP contribution in [0.25, 0.3) is 0 Å². The van der Waals surface area contributed by atoms with Gasteiger partial charge >= 0.3 is 0 Å². The standard InChI is InChI=1S/C16H17ClFNO2/c1-20-15-6-4-11(9-16(15)21-2)14(19)8-10-3-5-13(18)12(17)7-10/h3-7,9,14H,8,19H2,1-2H3. The van der Waals surface area contributed by atoms with E-state index in [9.17, 15) is 4.39 Å². The van der Waals surface area contributed by atoms with E-state index in [-0.39, 0.29) is 11.1 Å². The Labute approximate surface area is 128 Å². The number of hydrogen-bond acceptors (Lipinski definition) is 3. The summed E-state index contributed by atoms with van der Waals surface area (Å²) >= 11 is 5.78. The molecule has 0 radical (unpaired) electrons. The van der Waals surface area contributed by atoms with Gasteiger partial charge in [-0.1, -0.05) is 23.7 Å². The van der Waals surface area contributed by atoms with E-state index in [1.54, 1.807) is 26.4 Å². The molecule has 0 aliphatic heterocycles. The molecular weight excluding hydrogens is 293 g/mol. The van der Waals surface area contributed by atoms with Crippen LogP contribution in [0, 0.1) is 5.82 Å². The lowest BCUT2D eigenvalue weighted by molar-refractivity contribution is 0.354. The highest BCUT2D eigenvalue weighted by atomic mass is 35.5. The van der Waals surface area contributed by atoms with Crippen LogP contribution in [0.2, 0.25) is 5.02 Å². The van der Waals surface area contributed by atoms with Crippen molar-refractivity contribution in [1.29, 1.82) is 0 Å². The van der Waals surface area contributed by atoms with Crippen LogP contribution in [0.3, 0.4) is 0 Å². The van der Waals surface area contributed by atoms with Crippen LogP contribution < -0.4 is 15.2 Å². The Morgan fingerprint density at radius 3 is 2.43 bits per heavy atom. The van der Waals surface area contributed by atoms with Crippen LogP contribution in [0.5, 0.6) is 11.5 Å². The van der Waals surface area contributed by atoms with Crippen molar-refractivity contribution in [2.75, 3.05) is 14.2 Å². The summed E-state index contributed by atoms with van der Waals surface area (Å²) in [6.45, 7) is 0. The maximum absolute atomic E-state index is 13.1. The van der Waals surface area contributed by atoms with E-state index in [1.807, 2.05) is 18.2 Å². The predicted molar refractivity (Wildman–Crippen MR) is 81.6 cm³/mol. The monoisotopic (exact) mass is 309 g/mol. The minimum Gasteiger partial charge on any atom is -0.493 e. The van der Waals surface area contributed by atoms with Crippen molar-refractivity contribution in [2.24, 2.45) is 5.73 Å². The van der Waals surface area contributed by atoms with Gasteiger partial charge in [-0.3, -0.25) is 0 Å². The maximum Gasteiger partial charge on any atom is 0.161 e. The smallest absolute Gasteiger partial charge is 0.161 e. The number of nitrogens with two attached hydrogens (primary N) is 1. The first-order valence-corrected chi connectivity index (χ1v) is 6.84. The van der Waals surface area contributed by atoms with E-state index in [0.29, 0.717) is 17.9 Å². The fourth-order valence-electron chi connectivity index (χ4n) is 2.12. The highest BCUT2D eigenvalue weighted by Crippen LogP contribution is 2.30. The van der Waals surface area contributed by atoms with Crippen molar-refractivity contribution in [2.45, 2.75) is 12.5 Å². The summed E-state index contributed by atoms with van der Waals surface area (Å²) in [4.78, 5) is 0. The quantitative estimate of drug-likeness (QED) is 0.915. The summed E-state index contributed by atoms with van der Waals surface area (Å²) in [7, 11) is 3.16. The van der Waals surface area contributed by atoms with Crippen molar-refractivity contribution >= 4 is 11.6 Å². The van der Waals surface area contributed by atoms with Gasteiger partial charge in [0.1, 0.15) is 5.82 Å². The molecule has 0 aliphatic carbocycles. The molecule has 0 heterocycles. The summed E-state index contributed by atoms with van der Waals surface area (Å²) in [5.74, 6) is 0.848. The molecule has 21 heavy (non-hydrogen) atoms. The molecule has 1 atom stereocenters. The average Bonchev–Trinajstić information content (AvgIpc) is 2.50. The highest BCUT2D eigenvalue weighted by Gasteiger charge is 2.12. The summed E-state index contributed by atoms with van der Waals surface area (Å²) in [5.41, 5.74) is 7.99. The lowest BCUT2D eigenvalue weighted by Gasteiger charge is -2.15. The zero-order valence-corrected chi connectivity index (χ0v) is 12.7. The van der Waals surface area contributed by atoms with E-state index in [4.69, 9.17) is 26.8 Å². The normalized spacial score (nSPS) is 12.0. The predicted octanol–water partition coefficient (Wildman–Crippen LogP) is 3.74. The average molecular weight is 310 g/mol. The van der Waals surface area contributed by atoms with Crippen molar-refractivity contribution in [3.8, 4) is 11.5 Å². The van der Waals surface area contributed by atoms with E-state index in [0.717, 1.165) is 11.1 Å². The molecule has 112 valence electrons. The second-order valence-corrected chi connectivity index (χ2v) is 5.08. The van der Waals surface area contributed by atoms with Crippen LogP contribution in [0.4, 0.5) is 4.39 Å². The lowest BCUT2D eigenvalue weighted by atomic mass is 9.99. The van der Waals surface area contributed by atoms with Crippen LogP contribution in [0.1, 0.15) is 17.2 Å². The molecule has 0 saturated heterocycles. The molecule has 2 aromatic carbocycles. The second kappa shape index (κ2) is 6.78. The SMILES string of the molecule is COc1ccc(C(N)Cc2ccc(F)c(Cl)c2)cc1OC. The van der Waals surface area contributed by atoms with E-state index < -0.39 is 5.82 Å². The third-order valence-corrected chi connectivity index (χ3v) is 3.57. The molecule has 0 saturated carbocycles. The fraction of sp³-hybridized carbons (Fsp3) is 0.250. The van der Waals surface area contributed by atoms with Gasteiger partial charge in [0.15, 0.2) is 11.5 Å². The first kappa shape index (κ1) is 15.6. The molecule has 0 aromatic heterocycles. The molecule has 0 amide bonds. The molecule has 0 fully saturated rings. The molecule has 1 unspecified atom stereocenters. The molecule has 0 aliphatic rings. The molecule has 3 nitrogen and oxygen atoms in total. The van der Waals surface area contributed by atoms with Crippen molar-refractivity contribution < 1.29 is 13.9 Å². The number of rotatable bonds is 5. The third-order valence-electron chi connectivity index (χ3n) is 3.28. The number of halogens is 2. The molecule has 2 N–H and O–H groups in total. The Balaban J connectivity index is 2.19. The van der Waals surface area contributed by atoms with Crippen LogP contribution in [-0.2, 0) is 6.42 Å². The van der Waals surface area contributed by atoms with Gasteiger partial charge in [0, 0.05) is 6.04 Å². The minimum absolute atomic E-state index is 0.104. The Kier molecular flexibility index (Phi) is 5.04. The summed E-state index contributed by atoms with van der Waals surface area (Å²) in [5, 5.41) is 0.104. The number of benzene rings is 2. The highest BCUT2D eigenvalue weighted by molar-refractivity contribution is 6.30. The van der Waals surface area contributed by atoms with Gasteiger partial charge in [-0.2, -0.15) is 0 Å². The summed E-state index contributed by atoms with van der Waals surface area (Å²) in [6.07, 6.45) is 0.551. The zero-order valence-electron chi connectivity index (χ0n) is 11.9. The van der Waals surface area contributed by atoms with Crippen LogP contribution in [0.15, 0.2) is 36.4 Å². The number of methoxy groups -OCH3 is 2. The third kappa shape index (κ3) is 3.65. The number of hydrogen-bond donors (Lipinski definition) is 1. The topological polar surface area (TPSA) is 44.5 Å². The van der Waals surface area contributed by atoms with Gasteiger partial charge < -0.3 is 15.2 Å². The molecule has 2 rings (SSSR count). The maximum atomic E-state index is 13.1. The first-order chi connectivity index (χ1) is 10.0. The second-order valence-electron chi connectivity index (χ2n) is 4.67. The lowest BCUT2D eigenvalue weighted by Crippen LogP contribution is -2.13. The fourth-order valence-corrected chi connectivity index (χ4v) is 2.32. The minimum atomic E-state index is -0.430. The van der Waals surface area contributed by atoms with Crippen molar-refractivity contribution in [1.82, 2.24) is 0 Å². The van der Waals surface area contributed by atoms with E-state index >= 15 is 0 Å². The number of ether oxygens (including phenoxy) is 2. The molecule has 0 bridgehead atoms. The Bertz CT molecular complexity index is 634. The van der Waals surface area contributed by atoms with Gasteiger partial charge in [0.25, 0.3) is 0 Å². The van der Waals surface area contributed by atoms with Crippen molar-refractivity contribution in [3.05, 3.63) is 58.4 Å². The van der Waals surface area contributed by atoms with Gasteiger partial charge in [-0.15, -0.1) is 0 Å². The van der Waals surface area contributed by atoms with Gasteiger partial charge in [-0.05, 0) is 41.8 Å². The molecule has 0 spiro atoms. The zero-order chi connectivity index (χ0) is 15.4. The van der Waals surface area contributed by atoms with Crippen LogP contribution >= 0.6 is 11.6 Å². The first-order valence-electron chi connectivity index (χ1n) is 6.46. The Morgan fingerprint density at radius 1 is 1.10 bits per heavy atom.